The van der Waals surface area contributed by atoms with Crippen LogP contribution in [0.4, 0.5) is 0 Å². The molecule has 2 nitrogen and oxygen atoms in total. The molecule has 3 atom stereocenters. The van der Waals surface area contributed by atoms with E-state index in [-0.39, 0.29) is 0 Å². The number of hydrogen-bond donors (Lipinski definition) is 1. The molecule has 0 amide bonds. The smallest absolute Gasteiger partial charge is 0.107 e. The van der Waals surface area contributed by atoms with Crippen LogP contribution in [0.1, 0.15) is 23.5 Å². The van der Waals surface area contributed by atoms with Gasteiger partial charge in [-0.25, -0.2) is 0 Å². The van der Waals surface area contributed by atoms with E-state index < -0.39 is 0 Å². The van der Waals surface area contributed by atoms with Crippen molar-refractivity contribution in [3.63, 3.8) is 0 Å². The van der Waals surface area contributed by atoms with Crippen LogP contribution in [0.2, 0.25) is 5.82 Å². The van der Waals surface area contributed by atoms with E-state index in [1.165, 1.54) is 35.9 Å². The lowest BCUT2D eigenvalue weighted by Crippen LogP contribution is -2.46. The molecule has 1 N–H and O–H groups in total. The Morgan fingerprint density at radius 2 is 2.28 bits per heavy atom. The first-order chi connectivity index (χ1) is 8.74. The van der Waals surface area contributed by atoms with Crippen LogP contribution in [0.25, 0.3) is 10.9 Å². The van der Waals surface area contributed by atoms with Gasteiger partial charge in [0.15, 0.2) is 0 Å². The number of H-pyrrole nitrogens is 1. The second-order valence-corrected chi connectivity index (χ2v) is 6.24. The average Bonchev–Trinajstić information content (AvgIpc) is 2.76. The Bertz CT molecular complexity index is 604. The number of likely N-dealkylation sites (tertiary alicyclic amines) is 1. The van der Waals surface area contributed by atoms with Gasteiger partial charge in [-0.3, -0.25) is 0 Å². The molecule has 0 spiro atoms. The van der Waals surface area contributed by atoms with Crippen molar-refractivity contribution in [3.05, 3.63) is 35.5 Å². The van der Waals surface area contributed by atoms with Crippen LogP contribution in [-0.4, -0.2) is 37.4 Å². The third kappa shape index (κ3) is 1.34. The summed E-state index contributed by atoms with van der Waals surface area (Å²) in [6.45, 7) is 1.25. The van der Waals surface area contributed by atoms with Crippen LogP contribution in [0, 0.1) is 0 Å². The van der Waals surface area contributed by atoms with Gasteiger partial charge < -0.3 is 9.88 Å². The molecule has 2 aliphatic rings. The van der Waals surface area contributed by atoms with E-state index in [1.807, 2.05) is 0 Å². The Labute approximate surface area is 109 Å². The molecule has 18 heavy (non-hydrogen) atoms. The van der Waals surface area contributed by atoms with E-state index in [4.69, 9.17) is 0 Å². The Kier molecular flexibility index (Phi) is 2.16. The third-order valence-electron chi connectivity index (χ3n) is 4.93. The molecule has 0 saturated carbocycles. The van der Waals surface area contributed by atoms with Crippen molar-refractivity contribution in [2.75, 3.05) is 13.6 Å². The largest absolute Gasteiger partial charge is 0.361 e. The zero-order valence-electron chi connectivity index (χ0n) is 11.1. The lowest BCUT2D eigenvalue weighted by Gasteiger charge is -2.45. The second-order valence-electron chi connectivity index (χ2n) is 6.24. The fourth-order valence-electron chi connectivity index (χ4n) is 4.21. The Hall–Kier alpha value is -1.22. The highest BCUT2D eigenvalue weighted by atomic mass is 15.1. The normalized spacial score (nSPS) is 31.5. The van der Waals surface area contributed by atoms with Crippen LogP contribution in [-0.2, 0) is 6.42 Å². The number of rotatable bonds is 0. The van der Waals surface area contributed by atoms with E-state index >= 15 is 0 Å². The topological polar surface area (TPSA) is 19.0 Å². The Balaban J connectivity index is 1.92. The highest BCUT2D eigenvalue weighted by molar-refractivity contribution is 6.12. The second kappa shape index (κ2) is 3.64. The fraction of sp³-hybridized carbons (Fsp3) is 0.467. The van der Waals surface area contributed by atoms with Gasteiger partial charge in [-0.05, 0) is 43.6 Å². The summed E-state index contributed by atoms with van der Waals surface area (Å²) in [5.74, 6) is 1.54. The van der Waals surface area contributed by atoms with Gasteiger partial charge in [-0.15, -0.1) is 0 Å². The molecule has 1 aliphatic heterocycles. The number of piperidine rings is 1. The molecule has 0 radical (unpaired) electrons. The van der Waals surface area contributed by atoms with Gasteiger partial charge in [-0.1, -0.05) is 17.9 Å². The molecule has 1 aromatic heterocycles. The monoisotopic (exact) mass is 238 g/mol. The summed E-state index contributed by atoms with van der Waals surface area (Å²) in [7, 11) is 4.69. The van der Waals surface area contributed by atoms with Gasteiger partial charge in [0.25, 0.3) is 0 Å². The molecule has 4 rings (SSSR count). The van der Waals surface area contributed by atoms with Crippen molar-refractivity contribution in [2.45, 2.75) is 30.6 Å². The molecule has 2 aromatic rings. The summed E-state index contributed by atoms with van der Waals surface area (Å²) in [5, 5.41) is 1.52. The van der Waals surface area contributed by atoms with E-state index in [2.05, 4.69) is 49.2 Å². The molecule has 1 aromatic carbocycles. The van der Waals surface area contributed by atoms with Crippen molar-refractivity contribution in [2.24, 2.45) is 0 Å². The van der Waals surface area contributed by atoms with Crippen LogP contribution in [0.3, 0.4) is 0 Å². The van der Waals surface area contributed by atoms with Gasteiger partial charge in [0, 0.05) is 29.1 Å². The van der Waals surface area contributed by atoms with E-state index in [0.717, 1.165) is 11.7 Å². The van der Waals surface area contributed by atoms with Crippen molar-refractivity contribution in [1.29, 1.82) is 0 Å². The summed E-state index contributed by atoms with van der Waals surface area (Å²) in [5.41, 5.74) is 4.42. The van der Waals surface area contributed by atoms with Crippen molar-refractivity contribution < 1.29 is 0 Å². The van der Waals surface area contributed by atoms with E-state index in [1.54, 1.807) is 5.56 Å². The van der Waals surface area contributed by atoms with Crippen LogP contribution in [0.5, 0.6) is 0 Å². The molecule has 0 bridgehead atoms. The first-order valence-corrected chi connectivity index (χ1v) is 7.03. The van der Waals surface area contributed by atoms with Crippen LogP contribution < -0.4 is 0 Å². The van der Waals surface area contributed by atoms with E-state index in [0.29, 0.717) is 6.04 Å². The maximum atomic E-state index is 3.44. The van der Waals surface area contributed by atoms with Gasteiger partial charge >= 0.3 is 0 Å². The fourth-order valence-corrected chi connectivity index (χ4v) is 4.21. The molecular weight excluding hydrogens is 219 g/mol. The zero-order chi connectivity index (χ0) is 12.3. The number of likely N-dealkylation sites (N-methyl/N-ethyl adjacent to an activating group) is 1. The van der Waals surface area contributed by atoms with Crippen LogP contribution >= 0.6 is 0 Å². The first-order valence-electron chi connectivity index (χ1n) is 7.03. The summed E-state index contributed by atoms with van der Waals surface area (Å²) in [6.07, 6.45) is 4.78. The predicted molar refractivity (Wildman–Crippen MR) is 78.1 cm³/mol. The quantitative estimate of drug-likeness (QED) is 0.695. The maximum Gasteiger partial charge on any atom is 0.107 e. The van der Waals surface area contributed by atoms with Gasteiger partial charge in [-0.2, -0.15) is 0 Å². The number of hydrogen-bond acceptors (Lipinski definition) is 1. The van der Waals surface area contributed by atoms with Crippen molar-refractivity contribution >= 4 is 18.7 Å². The van der Waals surface area contributed by atoms with Crippen molar-refractivity contribution in [3.8, 4) is 0 Å². The standard InChI is InChI=1S/C15H19BN2/c1-18-8-10(16)6-12-11-3-2-4-13-15(11)9(7-17-13)5-14(12)18/h2-4,7,10,12,14,17H,5-6,8,16H2,1H3/t10?,12-,14-/m1/s1. The molecule has 3 heteroatoms. The molecular formula is C15H19BN2. The summed E-state index contributed by atoms with van der Waals surface area (Å²) < 4.78 is 0. The number of aromatic nitrogens is 1. The summed E-state index contributed by atoms with van der Waals surface area (Å²) in [6, 6.07) is 7.47. The minimum atomic E-state index is 0.704. The van der Waals surface area contributed by atoms with Gasteiger partial charge in [0.2, 0.25) is 0 Å². The highest BCUT2D eigenvalue weighted by Crippen LogP contribution is 2.44. The first kappa shape index (κ1) is 10.7. The zero-order valence-corrected chi connectivity index (χ0v) is 11.1. The summed E-state index contributed by atoms with van der Waals surface area (Å²) in [4.78, 5) is 6.01. The number of nitrogens with zero attached hydrogens (tertiary/aromatic N) is 1. The Morgan fingerprint density at radius 3 is 3.17 bits per heavy atom. The SMILES string of the molecule is BC1C[C@@H]2c3cccc4[nH]cc(c34)C[C@H]2N(C)C1. The lowest BCUT2D eigenvalue weighted by atomic mass is 9.67. The van der Waals surface area contributed by atoms with Gasteiger partial charge in [0.05, 0.1) is 0 Å². The molecule has 1 saturated heterocycles. The third-order valence-corrected chi connectivity index (χ3v) is 4.93. The Morgan fingerprint density at radius 1 is 1.39 bits per heavy atom. The molecule has 1 aliphatic carbocycles. The molecule has 92 valence electrons. The minimum Gasteiger partial charge on any atom is -0.361 e. The predicted octanol–water partition coefficient (Wildman–Crippen LogP) is 1.93. The number of benzene rings is 1. The number of nitrogens with one attached hydrogen (secondary N) is 1. The lowest BCUT2D eigenvalue weighted by molar-refractivity contribution is 0.157. The number of fused-ring (bicyclic) bond motifs is 2. The van der Waals surface area contributed by atoms with Crippen molar-refractivity contribution in [1.82, 2.24) is 9.88 Å². The maximum absolute atomic E-state index is 3.44. The summed E-state index contributed by atoms with van der Waals surface area (Å²) >= 11 is 0. The average molecular weight is 238 g/mol. The minimum absolute atomic E-state index is 0.704. The molecule has 1 fully saturated rings. The molecule has 2 heterocycles. The van der Waals surface area contributed by atoms with E-state index in [9.17, 15) is 0 Å². The van der Waals surface area contributed by atoms with Gasteiger partial charge in [0.1, 0.15) is 7.85 Å². The van der Waals surface area contributed by atoms with Crippen LogP contribution in [0.15, 0.2) is 24.4 Å². The molecule has 1 unspecified atom stereocenters. The number of aromatic amines is 1. The highest BCUT2D eigenvalue weighted by Gasteiger charge is 2.37.